The lowest BCUT2D eigenvalue weighted by Gasteiger charge is -2.08. The topological polar surface area (TPSA) is 121 Å². The summed E-state index contributed by atoms with van der Waals surface area (Å²) in [6.07, 6.45) is 1.07. The van der Waals surface area contributed by atoms with E-state index in [0.717, 1.165) is 0 Å². The van der Waals surface area contributed by atoms with Gasteiger partial charge >= 0.3 is 11.9 Å². The number of nitrogens with zero attached hydrogens (tertiary/aromatic N) is 3. The fourth-order valence-corrected chi connectivity index (χ4v) is 2.68. The van der Waals surface area contributed by atoms with Gasteiger partial charge in [-0.25, -0.2) is 4.79 Å². The van der Waals surface area contributed by atoms with E-state index in [9.17, 15) is 19.8 Å². The number of ether oxygens (including phenoxy) is 1. The van der Waals surface area contributed by atoms with E-state index in [0.29, 0.717) is 17.1 Å². The van der Waals surface area contributed by atoms with Crippen LogP contribution in [0, 0.1) is 0 Å². The highest BCUT2D eigenvalue weighted by Crippen LogP contribution is 2.24. The minimum Gasteiger partial charge on any atom is -0.507 e. The molecular formula is C24H21N3O5. The second-order valence-corrected chi connectivity index (χ2v) is 6.74. The van der Waals surface area contributed by atoms with E-state index in [4.69, 9.17) is 4.74 Å². The van der Waals surface area contributed by atoms with Crippen LogP contribution in [0.5, 0.6) is 11.5 Å². The molecule has 3 rings (SSSR count). The molecule has 0 amide bonds. The monoisotopic (exact) mass is 431 g/mol. The quantitative estimate of drug-likeness (QED) is 0.212. The van der Waals surface area contributed by atoms with Crippen molar-refractivity contribution < 1.29 is 24.5 Å². The number of esters is 1. The van der Waals surface area contributed by atoms with E-state index in [2.05, 4.69) is 15.2 Å². The number of hydrogen-bond acceptors (Lipinski definition) is 7. The van der Waals surface area contributed by atoms with Crippen molar-refractivity contribution in [1.29, 1.82) is 0 Å². The van der Waals surface area contributed by atoms with Gasteiger partial charge in [-0.05, 0) is 48.9 Å². The maximum atomic E-state index is 12.0. The first kappa shape index (κ1) is 22.4. The van der Waals surface area contributed by atoms with Crippen LogP contribution >= 0.6 is 0 Å². The number of aliphatic carboxylic acids is 1. The third-order valence-electron chi connectivity index (χ3n) is 4.32. The Balaban J connectivity index is 1.64. The number of carbonyl (C=O) groups excluding carboxylic acids is 1. The number of aliphatic imine (C=N–C) groups is 1. The summed E-state index contributed by atoms with van der Waals surface area (Å²) in [6.45, 7) is 0. The van der Waals surface area contributed by atoms with Crippen molar-refractivity contribution in [2.75, 3.05) is 0 Å². The van der Waals surface area contributed by atoms with Crippen molar-refractivity contribution in [3.05, 3.63) is 84.4 Å². The Morgan fingerprint density at radius 2 is 1.56 bits per heavy atom. The lowest BCUT2D eigenvalue weighted by molar-refractivity contribution is -0.139. The molecule has 162 valence electrons. The summed E-state index contributed by atoms with van der Waals surface area (Å²) in [5.74, 6) is -1.43. The molecule has 1 unspecified atom stereocenters. The summed E-state index contributed by atoms with van der Waals surface area (Å²) < 4.78 is 5.16. The summed E-state index contributed by atoms with van der Waals surface area (Å²) in [5, 5.41) is 27.7. The molecule has 8 nitrogen and oxygen atoms in total. The molecule has 0 heterocycles. The number of phenols is 1. The normalized spacial score (nSPS) is 12.1. The van der Waals surface area contributed by atoms with E-state index in [1.807, 2.05) is 18.2 Å². The standard InChI is InChI=1S/C24H21N3O5/c28-22-13-11-19(27-26-18-7-3-1-4-8-18)15-17(22)16-25-21(24(30)31)12-14-23(29)32-20-9-5-2-6-10-20/h1-11,13,15-16,21,28H,12,14H2,(H,30,31). The number of carboxylic acids is 1. The number of rotatable bonds is 9. The number of aromatic hydroxyl groups is 1. The van der Waals surface area contributed by atoms with Gasteiger partial charge in [0.15, 0.2) is 0 Å². The largest absolute Gasteiger partial charge is 0.507 e. The van der Waals surface area contributed by atoms with Crippen LogP contribution in [-0.2, 0) is 9.59 Å². The smallest absolute Gasteiger partial charge is 0.328 e. The second-order valence-electron chi connectivity index (χ2n) is 6.74. The van der Waals surface area contributed by atoms with Crippen molar-refractivity contribution in [2.45, 2.75) is 18.9 Å². The molecule has 0 fully saturated rings. The highest BCUT2D eigenvalue weighted by molar-refractivity contribution is 5.87. The molecule has 3 aromatic rings. The molecule has 0 aliphatic carbocycles. The third kappa shape index (κ3) is 6.88. The van der Waals surface area contributed by atoms with Crippen LogP contribution in [0.15, 0.2) is 94.1 Å². The first-order chi connectivity index (χ1) is 15.5. The van der Waals surface area contributed by atoms with E-state index >= 15 is 0 Å². The fraction of sp³-hybridized carbons (Fsp3) is 0.125. The number of carbonyl (C=O) groups is 2. The molecule has 0 aromatic heterocycles. The summed E-state index contributed by atoms with van der Waals surface area (Å²) in [5.41, 5.74) is 1.42. The van der Waals surface area contributed by atoms with Crippen LogP contribution in [0.3, 0.4) is 0 Å². The minimum atomic E-state index is -1.19. The van der Waals surface area contributed by atoms with Gasteiger partial charge in [-0.1, -0.05) is 36.4 Å². The van der Waals surface area contributed by atoms with Gasteiger partial charge in [-0.3, -0.25) is 9.79 Å². The van der Waals surface area contributed by atoms with Crippen molar-refractivity contribution in [3.8, 4) is 11.5 Å². The molecule has 3 aromatic carbocycles. The van der Waals surface area contributed by atoms with Gasteiger partial charge in [0, 0.05) is 18.2 Å². The Bertz CT molecular complexity index is 1110. The summed E-state index contributed by atoms with van der Waals surface area (Å²) in [7, 11) is 0. The molecule has 0 saturated heterocycles. The first-order valence-electron chi connectivity index (χ1n) is 9.83. The number of phenolic OH excluding ortho intramolecular Hbond substituents is 1. The van der Waals surface area contributed by atoms with Crippen molar-refractivity contribution in [1.82, 2.24) is 0 Å². The SMILES string of the molecule is O=C(CCC(N=Cc1cc(N=Nc2ccccc2)ccc1O)C(=O)O)Oc1ccccc1. The van der Waals surface area contributed by atoms with Crippen molar-refractivity contribution in [2.24, 2.45) is 15.2 Å². The Morgan fingerprint density at radius 3 is 2.25 bits per heavy atom. The van der Waals surface area contributed by atoms with Crippen LogP contribution in [0.1, 0.15) is 18.4 Å². The van der Waals surface area contributed by atoms with Gasteiger partial charge < -0.3 is 14.9 Å². The van der Waals surface area contributed by atoms with Gasteiger partial charge in [0.1, 0.15) is 17.5 Å². The van der Waals surface area contributed by atoms with Crippen LogP contribution in [-0.4, -0.2) is 34.4 Å². The molecule has 0 radical (unpaired) electrons. The van der Waals surface area contributed by atoms with Crippen molar-refractivity contribution >= 4 is 29.5 Å². The minimum absolute atomic E-state index is 0.0499. The van der Waals surface area contributed by atoms with Crippen LogP contribution < -0.4 is 4.74 Å². The molecule has 0 spiro atoms. The third-order valence-corrected chi connectivity index (χ3v) is 4.32. The Kier molecular flexibility index (Phi) is 7.80. The molecule has 1 atom stereocenters. The number of para-hydroxylation sites is 1. The molecule has 2 N–H and O–H groups in total. The molecule has 0 bridgehead atoms. The van der Waals surface area contributed by atoms with Gasteiger partial charge in [0.05, 0.1) is 11.4 Å². The summed E-state index contributed by atoms with van der Waals surface area (Å²) in [4.78, 5) is 27.5. The maximum absolute atomic E-state index is 12.0. The number of benzene rings is 3. The van der Waals surface area contributed by atoms with Gasteiger partial charge in [-0.15, -0.1) is 0 Å². The van der Waals surface area contributed by atoms with Crippen LogP contribution in [0.25, 0.3) is 0 Å². The summed E-state index contributed by atoms with van der Waals surface area (Å²) in [6, 6.07) is 21.0. The predicted molar refractivity (Wildman–Crippen MR) is 119 cm³/mol. The molecule has 0 aliphatic heterocycles. The summed E-state index contributed by atoms with van der Waals surface area (Å²) >= 11 is 0. The van der Waals surface area contributed by atoms with Crippen LogP contribution in [0.2, 0.25) is 0 Å². The Morgan fingerprint density at radius 1 is 0.906 bits per heavy atom. The zero-order valence-corrected chi connectivity index (χ0v) is 17.0. The molecule has 0 aliphatic rings. The average Bonchev–Trinajstić information content (AvgIpc) is 2.80. The van der Waals surface area contributed by atoms with E-state index in [-0.39, 0.29) is 24.2 Å². The molecule has 0 saturated carbocycles. The second kappa shape index (κ2) is 11.2. The first-order valence-corrected chi connectivity index (χ1v) is 9.83. The number of hydrogen-bond donors (Lipinski definition) is 2. The van der Waals surface area contributed by atoms with Crippen LogP contribution in [0.4, 0.5) is 11.4 Å². The Hall–Kier alpha value is -4.33. The van der Waals surface area contributed by atoms with Gasteiger partial charge in [0.2, 0.25) is 0 Å². The lowest BCUT2D eigenvalue weighted by Crippen LogP contribution is -2.20. The number of azo groups is 1. The van der Waals surface area contributed by atoms with Gasteiger partial charge in [-0.2, -0.15) is 10.2 Å². The van der Waals surface area contributed by atoms with E-state index < -0.39 is 18.0 Å². The van der Waals surface area contributed by atoms with Crippen molar-refractivity contribution in [3.63, 3.8) is 0 Å². The van der Waals surface area contributed by atoms with E-state index in [1.165, 1.54) is 18.3 Å². The molecule has 32 heavy (non-hydrogen) atoms. The predicted octanol–water partition coefficient (Wildman–Crippen LogP) is 5.07. The highest BCUT2D eigenvalue weighted by Gasteiger charge is 2.18. The highest BCUT2D eigenvalue weighted by atomic mass is 16.5. The van der Waals surface area contributed by atoms with E-state index in [1.54, 1.807) is 48.5 Å². The number of carboxylic acid groups (broad SMARTS) is 1. The fourth-order valence-electron chi connectivity index (χ4n) is 2.68. The maximum Gasteiger partial charge on any atom is 0.328 e. The van der Waals surface area contributed by atoms with Gasteiger partial charge in [0.25, 0.3) is 0 Å². The average molecular weight is 431 g/mol. The molecular weight excluding hydrogens is 410 g/mol. The lowest BCUT2D eigenvalue weighted by atomic mass is 10.1. The zero-order valence-electron chi connectivity index (χ0n) is 17.0. The zero-order chi connectivity index (χ0) is 22.8. The Labute approximate surface area is 184 Å². The molecule has 8 heteroatoms.